The van der Waals surface area contributed by atoms with Gasteiger partial charge in [-0.15, -0.1) is 0 Å². The van der Waals surface area contributed by atoms with Gasteiger partial charge in [0, 0.05) is 16.2 Å². The molecule has 0 unspecified atom stereocenters. The number of hydrogen-bond donors (Lipinski definition) is 2. The van der Waals surface area contributed by atoms with E-state index in [1.54, 1.807) is 12.1 Å². The maximum absolute atomic E-state index is 11.6. The highest BCUT2D eigenvalue weighted by Gasteiger charge is 2.14. The average Bonchev–Trinajstić information content (AvgIpc) is 2.08. The Morgan fingerprint density at radius 2 is 1.94 bits per heavy atom. The lowest BCUT2D eigenvalue weighted by Gasteiger charge is -2.21. The summed E-state index contributed by atoms with van der Waals surface area (Å²) in [6.07, 6.45) is 0. The molecule has 0 fully saturated rings. The number of aryl methyl sites for hydroxylation is 1. The number of carbonyl (C=O) groups is 1. The summed E-state index contributed by atoms with van der Waals surface area (Å²) >= 11 is 5.86. The second kappa shape index (κ2) is 4.74. The molecule has 0 atom stereocenters. The van der Waals surface area contributed by atoms with E-state index in [9.17, 15) is 4.79 Å². The van der Waals surface area contributed by atoms with Gasteiger partial charge < -0.3 is 10.6 Å². The maximum Gasteiger partial charge on any atom is 0.319 e. The zero-order valence-corrected chi connectivity index (χ0v) is 10.8. The molecule has 1 aromatic carbocycles. The Morgan fingerprint density at radius 3 is 2.50 bits per heavy atom. The van der Waals surface area contributed by atoms with Gasteiger partial charge in [0.05, 0.1) is 0 Å². The zero-order chi connectivity index (χ0) is 12.3. The van der Waals surface area contributed by atoms with E-state index < -0.39 is 0 Å². The lowest BCUT2D eigenvalue weighted by Crippen LogP contribution is -2.43. The number of rotatable bonds is 1. The van der Waals surface area contributed by atoms with E-state index in [1.807, 2.05) is 33.8 Å². The first kappa shape index (κ1) is 12.8. The van der Waals surface area contributed by atoms with E-state index in [0.717, 1.165) is 11.3 Å². The van der Waals surface area contributed by atoms with Crippen molar-refractivity contribution in [3.8, 4) is 0 Å². The van der Waals surface area contributed by atoms with Crippen LogP contribution in [0.1, 0.15) is 26.3 Å². The van der Waals surface area contributed by atoms with E-state index in [-0.39, 0.29) is 11.6 Å². The lowest BCUT2D eigenvalue weighted by molar-refractivity contribution is 0.244. The fourth-order valence-corrected chi connectivity index (χ4v) is 1.40. The molecule has 2 N–H and O–H groups in total. The van der Waals surface area contributed by atoms with Crippen molar-refractivity contribution in [3.63, 3.8) is 0 Å². The first-order valence-corrected chi connectivity index (χ1v) is 5.51. The highest BCUT2D eigenvalue weighted by atomic mass is 35.5. The number of anilines is 1. The van der Waals surface area contributed by atoms with Gasteiger partial charge >= 0.3 is 6.03 Å². The Balaban J connectivity index is 2.73. The standard InChI is InChI=1S/C12H17ClN2O/c1-8-5-6-9(13)7-10(8)14-11(16)15-12(2,3)4/h5-7H,1-4H3,(H2,14,15,16). The smallest absolute Gasteiger partial charge is 0.319 e. The second-order valence-electron chi connectivity index (χ2n) is 4.79. The largest absolute Gasteiger partial charge is 0.333 e. The Labute approximate surface area is 101 Å². The Morgan fingerprint density at radius 1 is 1.31 bits per heavy atom. The van der Waals surface area contributed by atoms with Crippen LogP contribution in [-0.2, 0) is 0 Å². The molecule has 88 valence electrons. The molecule has 0 heterocycles. The third-order valence-electron chi connectivity index (χ3n) is 1.94. The summed E-state index contributed by atoms with van der Waals surface area (Å²) in [5.74, 6) is 0. The SMILES string of the molecule is Cc1ccc(Cl)cc1NC(=O)NC(C)(C)C. The van der Waals surface area contributed by atoms with Gasteiger partial charge in [0.1, 0.15) is 0 Å². The first-order valence-electron chi connectivity index (χ1n) is 5.13. The summed E-state index contributed by atoms with van der Waals surface area (Å²) in [6, 6.07) is 5.18. The molecule has 1 aromatic rings. The average molecular weight is 241 g/mol. The van der Waals surface area contributed by atoms with Crippen LogP contribution in [0.5, 0.6) is 0 Å². The molecule has 0 bridgehead atoms. The number of urea groups is 1. The van der Waals surface area contributed by atoms with Crippen LogP contribution in [0.15, 0.2) is 18.2 Å². The van der Waals surface area contributed by atoms with Crippen molar-refractivity contribution in [3.05, 3.63) is 28.8 Å². The highest BCUT2D eigenvalue weighted by Crippen LogP contribution is 2.20. The van der Waals surface area contributed by atoms with Gasteiger partial charge in [0.2, 0.25) is 0 Å². The Hall–Kier alpha value is -1.22. The summed E-state index contributed by atoms with van der Waals surface area (Å²) in [5, 5.41) is 6.20. The van der Waals surface area contributed by atoms with Crippen molar-refractivity contribution in [2.24, 2.45) is 0 Å². The molecular formula is C12H17ClN2O. The Kier molecular flexibility index (Phi) is 3.81. The minimum atomic E-state index is -0.253. The van der Waals surface area contributed by atoms with Crippen LogP contribution >= 0.6 is 11.6 Å². The number of halogens is 1. The fraction of sp³-hybridized carbons (Fsp3) is 0.417. The van der Waals surface area contributed by atoms with Crippen molar-refractivity contribution < 1.29 is 4.79 Å². The van der Waals surface area contributed by atoms with Crippen molar-refractivity contribution in [1.82, 2.24) is 5.32 Å². The number of hydrogen-bond acceptors (Lipinski definition) is 1. The molecule has 0 aliphatic carbocycles. The van der Waals surface area contributed by atoms with Crippen molar-refractivity contribution in [2.45, 2.75) is 33.2 Å². The topological polar surface area (TPSA) is 41.1 Å². The predicted molar refractivity (Wildman–Crippen MR) is 68.1 cm³/mol. The first-order chi connectivity index (χ1) is 7.28. The molecule has 0 radical (unpaired) electrons. The van der Waals surface area contributed by atoms with Crippen LogP contribution in [-0.4, -0.2) is 11.6 Å². The van der Waals surface area contributed by atoms with E-state index in [4.69, 9.17) is 11.6 Å². The minimum Gasteiger partial charge on any atom is -0.333 e. The van der Waals surface area contributed by atoms with E-state index in [0.29, 0.717) is 5.02 Å². The van der Waals surface area contributed by atoms with Gasteiger partial charge in [-0.3, -0.25) is 0 Å². The zero-order valence-electron chi connectivity index (χ0n) is 10.0. The molecule has 0 saturated carbocycles. The Bertz CT molecular complexity index is 396. The van der Waals surface area contributed by atoms with Crippen LogP contribution in [0.25, 0.3) is 0 Å². The maximum atomic E-state index is 11.6. The summed E-state index contributed by atoms with van der Waals surface area (Å²) in [4.78, 5) is 11.6. The molecule has 1 rings (SSSR count). The number of benzene rings is 1. The number of nitrogens with one attached hydrogen (secondary N) is 2. The lowest BCUT2D eigenvalue weighted by atomic mass is 10.1. The third kappa shape index (κ3) is 4.11. The fourth-order valence-electron chi connectivity index (χ4n) is 1.22. The van der Waals surface area contributed by atoms with Crippen LogP contribution in [0, 0.1) is 6.92 Å². The van der Waals surface area contributed by atoms with E-state index in [2.05, 4.69) is 10.6 Å². The molecule has 3 nitrogen and oxygen atoms in total. The molecule has 2 amide bonds. The summed E-state index contributed by atoms with van der Waals surface area (Å²) in [5.41, 5.74) is 1.46. The molecule has 0 aliphatic rings. The van der Waals surface area contributed by atoms with Gasteiger partial charge in [-0.05, 0) is 45.4 Å². The summed E-state index contributed by atoms with van der Waals surface area (Å²) in [7, 11) is 0. The van der Waals surface area contributed by atoms with Crippen LogP contribution in [0.2, 0.25) is 5.02 Å². The number of carbonyl (C=O) groups excluding carboxylic acids is 1. The monoisotopic (exact) mass is 240 g/mol. The van der Waals surface area contributed by atoms with Gasteiger partial charge in [0.25, 0.3) is 0 Å². The molecule has 16 heavy (non-hydrogen) atoms. The van der Waals surface area contributed by atoms with Crippen LogP contribution < -0.4 is 10.6 Å². The molecule has 0 aliphatic heterocycles. The van der Waals surface area contributed by atoms with Gasteiger partial charge in [-0.2, -0.15) is 0 Å². The molecule has 0 spiro atoms. The highest BCUT2D eigenvalue weighted by molar-refractivity contribution is 6.31. The molecule has 0 aromatic heterocycles. The predicted octanol–water partition coefficient (Wildman–Crippen LogP) is 3.57. The van der Waals surface area contributed by atoms with Crippen LogP contribution in [0.4, 0.5) is 10.5 Å². The second-order valence-corrected chi connectivity index (χ2v) is 5.22. The normalized spacial score (nSPS) is 11.1. The quantitative estimate of drug-likeness (QED) is 0.774. The van der Waals surface area contributed by atoms with Crippen molar-refractivity contribution in [1.29, 1.82) is 0 Å². The number of amides is 2. The van der Waals surface area contributed by atoms with E-state index >= 15 is 0 Å². The van der Waals surface area contributed by atoms with Gasteiger partial charge in [-0.25, -0.2) is 4.79 Å². The van der Waals surface area contributed by atoms with Crippen LogP contribution in [0.3, 0.4) is 0 Å². The van der Waals surface area contributed by atoms with Gasteiger partial charge in [0.15, 0.2) is 0 Å². The third-order valence-corrected chi connectivity index (χ3v) is 2.17. The van der Waals surface area contributed by atoms with E-state index in [1.165, 1.54) is 0 Å². The van der Waals surface area contributed by atoms with Gasteiger partial charge in [-0.1, -0.05) is 17.7 Å². The van der Waals surface area contributed by atoms with Crippen molar-refractivity contribution in [2.75, 3.05) is 5.32 Å². The molecular weight excluding hydrogens is 224 g/mol. The molecule has 0 saturated heterocycles. The summed E-state index contributed by atoms with van der Waals surface area (Å²) in [6.45, 7) is 7.70. The van der Waals surface area contributed by atoms with Crippen molar-refractivity contribution >= 4 is 23.3 Å². The molecule has 4 heteroatoms. The summed E-state index contributed by atoms with van der Waals surface area (Å²) < 4.78 is 0. The minimum absolute atomic E-state index is 0.224.